The first-order chi connectivity index (χ1) is 16.5. The fourth-order valence-corrected chi connectivity index (χ4v) is 4.25. The molecule has 0 aromatic heterocycles. The summed E-state index contributed by atoms with van der Waals surface area (Å²) >= 11 is 0. The number of hydrogen-bond acceptors (Lipinski definition) is 4. The summed E-state index contributed by atoms with van der Waals surface area (Å²) in [4.78, 5) is 28.6. The van der Waals surface area contributed by atoms with E-state index < -0.39 is 5.91 Å². The predicted octanol–water partition coefficient (Wildman–Crippen LogP) is 5.86. The monoisotopic (exact) mass is 448 g/mol. The summed E-state index contributed by atoms with van der Waals surface area (Å²) in [5, 5.41) is 5.33. The van der Waals surface area contributed by atoms with Gasteiger partial charge < -0.3 is 10.1 Å². The molecule has 0 saturated heterocycles. The predicted molar refractivity (Wildman–Crippen MR) is 136 cm³/mol. The molecular weight excluding hydrogens is 424 g/mol. The Hall–Kier alpha value is -4.38. The molecular formula is C29H24N2O3. The van der Waals surface area contributed by atoms with Gasteiger partial charge in [0.25, 0.3) is 11.8 Å². The molecule has 2 amide bonds. The van der Waals surface area contributed by atoms with E-state index >= 15 is 0 Å². The lowest BCUT2D eigenvalue weighted by Gasteiger charge is -2.16. The number of hydrogen-bond donors (Lipinski definition) is 1. The van der Waals surface area contributed by atoms with Gasteiger partial charge in [0.05, 0.1) is 18.4 Å². The van der Waals surface area contributed by atoms with E-state index in [-0.39, 0.29) is 11.6 Å². The summed E-state index contributed by atoms with van der Waals surface area (Å²) in [7, 11) is 1.58. The van der Waals surface area contributed by atoms with Crippen molar-refractivity contribution in [2.45, 2.75) is 13.8 Å². The van der Waals surface area contributed by atoms with E-state index in [9.17, 15) is 9.59 Å². The average Bonchev–Trinajstić information content (AvgIpc) is 3.10. The lowest BCUT2D eigenvalue weighted by molar-refractivity contribution is -0.120. The minimum Gasteiger partial charge on any atom is -0.497 e. The molecule has 1 N–H and O–H groups in total. The van der Waals surface area contributed by atoms with Gasteiger partial charge in [-0.3, -0.25) is 9.59 Å². The summed E-state index contributed by atoms with van der Waals surface area (Å²) in [6.45, 7) is 4.02. The molecule has 0 atom stereocenters. The summed E-state index contributed by atoms with van der Waals surface area (Å²) in [5.74, 6) is -0.100. The summed E-state index contributed by atoms with van der Waals surface area (Å²) in [6.07, 6.45) is 0. The van der Waals surface area contributed by atoms with Crippen LogP contribution in [0.25, 0.3) is 16.3 Å². The molecule has 0 aliphatic carbocycles. The second kappa shape index (κ2) is 8.52. The zero-order valence-electron chi connectivity index (χ0n) is 19.3. The minimum absolute atomic E-state index is 0.264. The number of carbonyl (C=O) groups excluding carboxylic acids is 2. The van der Waals surface area contributed by atoms with Crippen LogP contribution < -0.4 is 15.0 Å². The van der Waals surface area contributed by atoms with Crippen LogP contribution >= 0.6 is 0 Å². The Morgan fingerprint density at radius 1 is 0.765 bits per heavy atom. The Kier molecular flexibility index (Phi) is 5.38. The first kappa shape index (κ1) is 21.5. The van der Waals surface area contributed by atoms with Gasteiger partial charge in [-0.15, -0.1) is 0 Å². The highest BCUT2D eigenvalue weighted by Gasteiger charge is 2.40. The molecule has 0 spiro atoms. The van der Waals surface area contributed by atoms with E-state index in [0.717, 1.165) is 27.6 Å². The van der Waals surface area contributed by atoms with E-state index in [2.05, 4.69) is 5.32 Å². The zero-order valence-corrected chi connectivity index (χ0v) is 19.3. The van der Waals surface area contributed by atoms with Crippen LogP contribution in [0.4, 0.5) is 11.4 Å². The number of anilines is 2. The van der Waals surface area contributed by atoms with E-state index in [1.807, 2.05) is 74.5 Å². The number of amides is 2. The van der Waals surface area contributed by atoms with E-state index in [4.69, 9.17) is 4.74 Å². The van der Waals surface area contributed by atoms with Crippen molar-refractivity contribution in [1.82, 2.24) is 0 Å². The van der Waals surface area contributed by atoms with E-state index in [1.165, 1.54) is 4.90 Å². The normalized spacial score (nSPS) is 13.7. The number of methoxy groups -OCH3 is 1. The Bertz CT molecular complexity index is 1460. The highest BCUT2D eigenvalue weighted by molar-refractivity contribution is 6.46. The molecule has 1 heterocycles. The number of imide groups is 1. The third-order valence-electron chi connectivity index (χ3n) is 6.26. The van der Waals surface area contributed by atoms with Crippen LogP contribution in [0.3, 0.4) is 0 Å². The number of fused-ring (bicyclic) bond motifs is 1. The van der Waals surface area contributed by atoms with Gasteiger partial charge >= 0.3 is 0 Å². The van der Waals surface area contributed by atoms with Gasteiger partial charge in [0.1, 0.15) is 11.4 Å². The maximum atomic E-state index is 13.7. The Balaban J connectivity index is 1.65. The zero-order chi connectivity index (χ0) is 23.8. The summed E-state index contributed by atoms with van der Waals surface area (Å²) in [6, 6.07) is 26.5. The van der Waals surface area contributed by atoms with E-state index in [0.29, 0.717) is 22.6 Å². The molecule has 5 nitrogen and oxygen atoms in total. The number of ether oxygens (including phenoxy) is 1. The third kappa shape index (κ3) is 3.61. The van der Waals surface area contributed by atoms with Crippen LogP contribution in [0.1, 0.15) is 16.7 Å². The van der Waals surface area contributed by atoms with Gasteiger partial charge in [0.2, 0.25) is 0 Å². The van der Waals surface area contributed by atoms with Crippen molar-refractivity contribution in [1.29, 1.82) is 0 Å². The van der Waals surface area contributed by atoms with E-state index in [1.54, 1.807) is 31.4 Å². The van der Waals surface area contributed by atoms with Crippen molar-refractivity contribution in [3.63, 3.8) is 0 Å². The Morgan fingerprint density at radius 3 is 2.24 bits per heavy atom. The third-order valence-corrected chi connectivity index (χ3v) is 6.26. The summed E-state index contributed by atoms with van der Waals surface area (Å²) in [5.41, 5.74) is 4.77. The van der Waals surface area contributed by atoms with Crippen LogP contribution in [0.2, 0.25) is 0 Å². The molecule has 1 aliphatic heterocycles. The van der Waals surface area contributed by atoms with Crippen molar-refractivity contribution >= 4 is 39.5 Å². The standard InChI is InChI=1S/C29H24N2O3/c1-18-11-12-21(17-19(18)2)26-27(30-25-10-6-8-20-7-4-5-9-24(20)25)29(33)31(28(26)32)22-13-15-23(34-3)16-14-22/h4-17,30H,1-3H3. The molecule has 5 rings (SSSR count). The molecule has 0 saturated carbocycles. The fourth-order valence-electron chi connectivity index (χ4n) is 4.25. The molecule has 4 aromatic carbocycles. The Morgan fingerprint density at radius 2 is 1.50 bits per heavy atom. The fraction of sp³-hybridized carbons (Fsp3) is 0.103. The van der Waals surface area contributed by atoms with Gasteiger partial charge in [-0.2, -0.15) is 0 Å². The second-order valence-electron chi connectivity index (χ2n) is 8.34. The highest BCUT2D eigenvalue weighted by Crippen LogP contribution is 2.36. The average molecular weight is 449 g/mol. The van der Waals surface area contributed by atoms with Crippen molar-refractivity contribution in [3.8, 4) is 5.75 Å². The van der Waals surface area contributed by atoms with Gasteiger partial charge in [-0.25, -0.2) is 4.90 Å². The summed E-state index contributed by atoms with van der Waals surface area (Å²) < 4.78 is 5.23. The van der Waals surface area contributed by atoms with Crippen molar-refractivity contribution in [2.75, 3.05) is 17.3 Å². The molecule has 0 fully saturated rings. The number of nitrogens with zero attached hydrogens (tertiary/aromatic N) is 1. The smallest absolute Gasteiger partial charge is 0.282 e. The van der Waals surface area contributed by atoms with Gasteiger partial charge in [-0.05, 0) is 66.3 Å². The van der Waals surface area contributed by atoms with Crippen LogP contribution in [-0.2, 0) is 9.59 Å². The molecule has 0 bridgehead atoms. The molecule has 5 heteroatoms. The van der Waals surface area contributed by atoms with Crippen LogP contribution in [0.5, 0.6) is 5.75 Å². The van der Waals surface area contributed by atoms with Crippen LogP contribution in [0.15, 0.2) is 90.6 Å². The van der Waals surface area contributed by atoms with Gasteiger partial charge in [0.15, 0.2) is 0 Å². The molecule has 0 radical (unpaired) electrons. The molecule has 168 valence electrons. The number of carbonyl (C=O) groups is 2. The first-order valence-electron chi connectivity index (χ1n) is 11.1. The molecule has 1 aliphatic rings. The maximum Gasteiger partial charge on any atom is 0.282 e. The number of benzene rings is 4. The Labute approximate surface area is 198 Å². The number of nitrogens with one attached hydrogen (secondary N) is 1. The second-order valence-corrected chi connectivity index (χ2v) is 8.34. The van der Waals surface area contributed by atoms with Crippen LogP contribution in [-0.4, -0.2) is 18.9 Å². The van der Waals surface area contributed by atoms with Gasteiger partial charge in [0, 0.05) is 11.1 Å². The van der Waals surface area contributed by atoms with Crippen LogP contribution in [0, 0.1) is 13.8 Å². The maximum absolute atomic E-state index is 13.7. The molecule has 4 aromatic rings. The largest absolute Gasteiger partial charge is 0.497 e. The quantitative estimate of drug-likeness (QED) is 0.389. The van der Waals surface area contributed by atoms with Crippen molar-refractivity contribution in [3.05, 3.63) is 107 Å². The molecule has 34 heavy (non-hydrogen) atoms. The SMILES string of the molecule is COc1ccc(N2C(=O)C(Nc3cccc4ccccc34)=C(c3ccc(C)c(C)c3)C2=O)cc1. The minimum atomic E-state index is -0.392. The lowest BCUT2D eigenvalue weighted by atomic mass is 9.99. The lowest BCUT2D eigenvalue weighted by Crippen LogP contribution is -2.32. The first-order valence-corrected chi connectivity index (χ1v) is 11.1. The highest BCUT2D eigenvalue weighted by atomic mass is 16.5. The number of rotatable bonds is 5. The van der Waals surface area contributed by atoms with Gasteiger partial charge in [-0.1, -0.05) is 54.6 Å². The topological polar surface area (TPSA) is 58.6 Å². The van der Waals surface area contributed by atoms with Crippen molar-refractivity contribution < 1.29 is 14.3 Å². The van der Waals surface area contributed by atoms with Crippen molar-refractivity contribution in [2.24, 2.45) is 0 Å². The number of aryl methyl sites for hydroxylation is 2. The molecule has 0 unspecified atom stereocenters.